The molecule has 1 aliphatic carbocycles. The van der Waals surface area contributed by atoms with Gasteiger partial charge >= 0.3 is 6.09 Å². The van der Waals surface area contributed by atoms with Gasteiger partial charge in [0.25, 0.3) is 0 Å². The first-order chi connectivity index (χ1) is 10.8. The van der Waals surface area contributed by atoms with Crippen LogP contribution in [0.25, 0.3) is 0 Å². The van der Waals surface area contributed by atoms with Crippen molar-refractivity contribution in [1.82, 2.24) is 5.32 Å². The maximum atomic E-state index is 11.5. The number of amides is 1. The van der Waals surface area contributed by atoms with Gasteiger partial charge in [0.2, 0.25) is 0 Å². The van der Waals surface area contributed by atoms with E-state index in [1.54, 1.807) is 0 Å². The Hall–Kier alpha value is -1.91. The van der Waals surface area contributed by atoms with E-state index in [1.165, 1.54) is 12.8 Å². The van der Waals surface area contributed by atoms with Crippen LogP contribution in [0.3, 0.4) is 0 Å². The Morgan fingerprint density at radius 3 is 2.48 bits per heavy atom. The lowest BCUT2D eigenvalue weighted by atomic mass is 10.2. The number of hydrogen-bond donors (Lipinski definition) is 2. The van der Waals surface area contributed by atoms with Crippen LogP contribution in [-0.2, 0) is 4.74 Å². The van der Waals surface area contributed by atoms with Gasteiger partial charge in [0, 0.05) is 11.7 Å². The summed E-state index contributed by atoms with van der Waals surface area (Å²) in [4.78, 5) is 11.5. The van der Waals surface area contributed by atoms with E-state index in [0.29, 0.717) is 19.2 Å². The molecule has 1 amide bonds. The number of nitrogens with one attached hydrogen (secondary N) is 2. The molecule has 5 heteroatoms. The molecule has 2 rings (SSSR count). The molecular formula is C18H28N2O3. The first-order valence-corrected chi connectivity index (χ1v) is 8.30. The van der Waals surface area contributed by atoms with Crippen LogP contribution in [0.15, 0.2) is 24.3 Å². The van der Waals surface area contributed by atoms with Gasteiger partial charge in [-0.2, -0.15) is 0 Å². The molecule has 0 saturated heterocycles. The predicted molar refractivity (Wildman–Crippen MR) is 92.0 cm³/mol. The smallest absolute Gasteiger partial charge is 0.407 e. The first-order valence-electron chi connectivity index (χ1n) is 8.30. The molecule has 1 atom stereocenters. The Labute approximate surface area is 138 Å². The highest BCUT2D eigenvalue weighted by Gasteiger charge is 2.27. The first kappa shape index (κ1) is 17.4. The van der Waals surface area contributed by atoms with Gasteiger partial charge in [-0.05, 0) is 70.7 Å². The van der Waals surface area contributed by atoms with Crippen molar-refractivity contribution < 1.29 is 14.3 Å². The SMILES string of the molecule is CC(Nc1ccc(OCCNC(=O)OC(C)(C)C)cc1)C1CC1. The molecule has 2 N–H and O–H groups in total. The molecule has 0 aliphatic heterocycles. The average molecular weight is 320 g/mol. The van der Waals surface area contributed by atoms with Crippen molar-refractivity contribution in [2.45, 2.75) is 52.2 Å². The molecule has 0 bridgehead atoms. The van der Waals surface area contributed by atoms with E-state index in [0.717, 1.165) is 17.4 Å². The summed E-state index contributed by atoms with van der Waals surface area (Å²) in [6, 6.07) is 8.45. The van der Waals surface area contributed by atoms with Crippen molar-refractivity contribution in [2.24, 2.45) is 5.92 Å². The number of ether oxygens (including phenoxy) is 2. The molecule has 128 valence electrons. The van der Waals surface area contributed by atoms with Crippen molar-refractivity contribution in [3.05, 3.63) is 24.3 Å². The van der Waals surface area contributed by atoms with Crippen LogP contribution in [0.1, 0.15) is 40.5 Å². The molecule has 0 heterocycles. The highest BCUT2D eigenvalue weighted by atomic mass is 16.6. The lowest BCUT2D eigenvalue weighted by Gasteiger charge is -2.19. The fourth-order valence-electron chi connectivity index (χ4n) is 2.26. The van der Waals surface area contributed by atoms with Gasteiger partial charge in [0.1, 0.15) is 18.0 Å². The summed E-state index contributed by atoms with van der Waals surface area (Å²) >= 11 is 0. The number of alkyl carbamates (subject to hydrolysis) is 1. The summed E-state index contributed by atoms with van der Waals surface area (Å²) in [5, 5.41) is 6.17. The van der Waals surface area contributed by atoms with E-state index in [4.69, 9.17) is 9.47 Å². The highest BCUT2D eigenvalue weighted by molar-refractivity contribution is 5.67. The maximum Gasteiger partial charge on any atom is 0.407 e. The molecule has 1 aliphatic rings. The van der Waals surface area contributed by atoms with Crippen LogP contribution in [0, 0.1) is 5.92 Å². The van der Waals surface area contributed by atoms with Crippen molar-refractivity contribution in [2.75, 3.05) is 18.5 Å². The minimum atomic E-state index is -0.481. The topological polar surface area (TPSA) is 59.6 Å². The Kier molecular flexibility index (Phi) is 5.74. The van der Waals surface area contributed by atoms with E-state index in [-0.39, 0.29) is 0 Å². The van der Waals surface area contributed by atoms with Crippen molar-refractivity contribution >= 4 is 11.8 Å². The molecule has 1 saturated carbocycles. The highest BCUT2D eigenvalue weighted by Crippen LogP contribution is 2.34. The maximum absolute atomic E-state index is 11.5. The number of hydrogen-bond acceptors (Lipinski definition) is 4. The molecular weight excluding hydrogens is 292 g/mol. The van der Waals surface area contributed by atoms with Gasteiger partial charge in [-0.15, -0.1) is 0 Å². The number of anilines is 1. The standard InChI is InChI=1S/C18H28N2O3/c1-13(14-5-6-14)20-15-7-9-16(10-8-15)22-12-11-19-17(21)23-18(2,3)4/h7-10,13-14,20H,5-6,11-12H2,1-4H3,(H,19,21). The summed E-state index contributed by atoms with van der Waals surface area (Å²) in [6.07, 6.45) is 2.25. The third kappa shape index (κ3) is 6.80. The van der Waals surface area contributed by atoms with Crippen LogP contribution in [0.2, 0.25) is 0 Å². The lowest BCUT2D eigenvalue weighted by molar-refractivity contribution is 0.0520. The average Bonchev–Trinajstić information content (AvgIpc) is 3.28. The summed E-state index contributed by atoms with van der Waals surface area (Å²) in [5.41, 5.74) is 0.634. The van der Waals surface area contributed by atoms with E-state index in [1.807, 2.05) is 45.0 Å². The molecule has 1 unspecified atom stereocenters. The second-order valence-corrected chi connectivity index (χ2v) is 7.07. The van der Waals surface area contributed by atoms with Crippen molar-refractivity contribution in [3.63, 3.8) is 0 Å². The molecule has 1 fully saturated rings. The summed E-state index contributed by atoms with van der Waals surface area (Å²) in [6.45, 7) is 8.55. The molecule has 23 heavy (non-hydrogen) atoms. The molecule has 0 spiro atoms. The van der Waals surface area contributed by atoms with Gasteiger partial charge in [0.05, 0.1) is 6.54 Å². The van der Waals surface area contributed by atoms with Gasteiger partial charge in [-0.1, -0.05) is 0 Å². The van der Waals surface area contributed by atoms with Crippen molar-refractivity contribution in [1.29, 1.82) is 0 Å². The molecule has 0 aromatic heterocycles. The second kappa shape index (κ2) is 7.57. The van der Waals surface area contributed by atoms with E-state index >= 15 is 0 Å². The van der Waals surface area contributed by atoms with Crippen LogP contribution in [-0.4, -0.2) is 30.9 Å². The van der Waals surface area contributed by atoms with Gasteiger partial charge in [0.15, 0.2) is 0 Å². The van der Waals surface area contributed by atoms with E-state index in [2.05, 4.69) is 17.6 Å². The Balaban J connectivity index is 1.65. The van der Waals surface area contributed by atoms with E-state index in [9.17, 15) is 4.79 Å². The van der Waals surface area contributed by atoms with Crippen LogP contribution < -0.4 is 15.4 Å². The zero-order chi connectivity index (χ0) is 16.9. The zero-order valence-electron chi connectivity index (χ0n) is 14.5. The Morgan fingerprint density at radius 2 is 1.91 bits per heavy atom. The number of carbonyl (C=O) groups excluding carboxylic acids is 1. The minimum absolute atomic E-state index is 0.407. The van der Waals surface area contributed by atoms with Gasteiger partial charge < -0.3 is 20.1 Å². The van der Waals surface area contributed by atoms with Crippen LogP contribution in [0.5, 0.6) is 5.75 Å². The molecule has 1 aromatic carbocycles. The van der Waals surface area contributed by atoms with Crippen LogP contribution in [0.4, 0.5) is 10.5 Å². The second-order valence-electron chi connectivity index (χ2n) is 7.07. The fourth-order valence-corrected chi connectivity index (χ4v) is 2.26. The molecule has 0 radical (unpaired) electrons. The number of benzene rings is 1. The fraction of sp³-hybridized carbons (Fsp3) is 0.611. The minimum Gasteiger partial charge on any atom is -0.492 e. The van der Waals surface area contributed by atoms with Crippen LogP contribution >= 0.6 is 0 Å². The summed E-state index contributed by atoms with van der Waals surface area (Å²) < 4.78 is 10.8. The largest absolute Gasteiger partial charge is 0.492 e. The van der Waals surface area contributed by atoms with E-state index < -0.39 is 11.7 Å². The predicted octanol–water partition coefficient (Wildman–Crippen LogP) is 3.80. The normalized spacial score (nSPS) is 15.7. The van der Waals surface area contributed by atoms with Gasteiger partial charge in [-0.3, -0.25) is 0 Å². The van der Waals surface area contributed by atoms with Gasteiger partial charge in [-0.25, -0.2) is 4.79 Å². The third-order valence-electron chi connectivity index (χ3n) is 3.62. The Bertz CT molecular complexity index is 504. The number of carbonyl (C=O) groups is 1. The molecule has 5 nitrogen and oxygen atoms in total. The zero-order valence-corrected chi connectivity index (χ0v) is 14.5. The lowest BCUT2D eigenvalue weighted by Crippen LogP contribution is -2.34. The quantitative estimate of drug-likeness (QED) is 0.750. The summed E-state index contributed by atoms with van der Waals surface area (Å²) in [7, 11) is 0. The summed E-state index contributed by atoms with van der Waals surface area (Å²) in [5.74, 6) is 1.62. The Morgan fingerprint density at radius 1 is 1.26 bits per heavy atom. The van der Waals surface area contributed by atoms with Crippen molar-refractivity contribution in [3.8, 4) is 5.75 Å². The third-order valence-corrected chi connectivity index (χ3v) is 3.62. The molecule has 1 aromatic rings. The monoisotopic (exact) mass is 320 g/mol. The number of rotatable bonds is 7.